The molecule has 0 spiro atoms. The van der Waals surface area contributed by atoms with Crippen molar-refractivity contribution in [2.75, 3.05) is 7.11 Å². The summed E-state index contributed by atoms with van der Waals surface area (Å²) in [6.07, 6.45) is 2.54. The number of hydrogen-bond acceptors (Lipinski definition) is 4. The molecule has 0 amide bonds. The molecule has 23 heavy (non-hydrogen) atoms. The van der Waals surface area contributed by atoms with Gasteiger partial charge in [0, 0.05) is 11.5 Å². The molecule has 5 heteroatoms. The van der Waals surface area contributed by atoms with E-state index in [-0.39, 0.29) is 5.75 Å². The van der Waals surface area contributed by atoms with Crippen molar-refractivity contribution in [2.24, 2.45) is 0 Å². The molecule has 3 aromatic rings. The van der Waals surface area contributed by atoms with Crippen LogP contribution in [-0.4, -0.2) is 23.3 Å². The number of phenolic OH excluding ortho intramolecular Hbond substituents is 1. The Morgan fingerprint density at radius 2 is 2.00 bits per heavy atom. The van der Waals surface area contributed by atoms with Crippen LogP contribution in [0.4, 0.5) is 0 Å². The maximum Gasteiger partial charge on any atom is 0.328 e. The first-order valence-corrected chi connectivity index (χ1v) is 6.89. The van der Waals surface area contributed by atoms with Crippen molar-refractivity contribution < 1.29 is 24.2 Å². The Labute approximate surface area is 132 Å². The first kappa shape index (κ1) is 14.7. The summed E-state index contributed by atoms with van der Waals surface area (Å²) in [6, 6.07) is 12.2. The van der Waals surface area contributed by atoms with Crippen LogP contribution in [0, 0.1) is 0 Å². The summed E-state index contributed by atoms with van der Waals surface area (Å²) in [5, 5.41) is 19.4. The zero-order chi connectivity index (χ0) is 16.4. The fourth-order valence-electron chi connectivity index (χ4n) is 2.37. The summed E-state index contributed by atoms with van der Waals surface area (Å²) in [5.41, 5.74) is 1.80. The lowest BCUT2D eigenvalue weighted by Crippen LogP contribution is -1.87. The SMILES string of the molecule is COc1cc(/C=C/C(=O)O)cc2cc(-c3ccccc3O)oc12. The van der Waals surface area contributed by atoms with E-state index in [4.69, 9.17) is 14.3 Å². The molecular formula is C18H14O5. The summed E-state index contributed by atoms with van der Waals surface area (Å²) in [4.78, 5) is 10.7. The Kier molecular flexibility index (Phi) is 3.76. The average molecular weight is 310 g/mol. The van der Waals surface area contributed by atoms with Gasteiger partial charge in [-0.3, -0.25) is 0 Å². The Balaban J connectivity index is 2.15. The summed E-state index contributed by atoms with van der Waals surface area (Å²) in [6.45, 7) is 0. The van der Waals surface area contributed by atoms with Gasteiger partial charge in [0.25, 0.3) is 0 Å². The van der Waals surface area contributed by atoms with Crippen molar-refractivity contribution in [3.63, 3.8) is 0 Å². The van der Waals surface area contributed by atoms with Crippen LogP contribution in [0.25, 0.3) is 28.4 Å². The van der Waals surface area contributed by atoms with Crippen LogP contribution >= 0.6 is 0 Å². The molecular weight excluding hydrogens is 296 g/mol. The number of phenols is 1. The minimum Gasteiger partial charge on any atom is -0.507 e. The first-order chi connectivity index (χ1) is 11.1. The second kappa shape index (κ2) is 5.88. The molecule has 0 unspecified atom stereocenters. The number of fused-ring (bicyclic) bond motifs is 1. The number of benzene rings is 2. The number of ether oxygens (including phenoxy) is 1. The van der Waals surface area contributed by atoms with E-state index in [1.54, 1.807) is 42.5 Å². The third kappa shape index (κ3) is 2.89. The van der Waals surface area contributed by atoms with Gasteiger partial charge in [0.15, 0.2) is 11.3 Å². The van der Waals surface area contributed by atoms with E-state index in [1.807, 2.05) is 0 Å². The molecule has 0 bridgehead atoms. The minimum atomic E-state index is -1.02. The number of furan rings is 1. The number of aromatic hydroxyl groups is 1. The van der Waals surface area contributed by atoms with Crippen molar-refractivity contribution >= 4 is 23.0 Å². The Bertz CT molecular complexity index is 905. The monoisotopic (exact) mass is 310 g/mol. The summed E-state index contributed by atoms with van der Waals surface area (Å²) in [7, 11) is 1.52. The predicted octanol–water partition coefficient (Wildman–Crippen LogP) is 3.91. The van der Waals surface area contributed by atoms with Crippen LogP contribution in [0.1, 0.15) is 5.56 Å². The molecule has 1 heterocycles. The maximum absolute atomic E-state index is 10.7. The van der Waals surface area contributed by atoms with Crippen LogP contribution in [0.5, 0.6) is 11.5 Å². The van der Waals surface area contributed by atoms with E-state index < -0.39 is 5.97 Å². The number of aliphatic carboxylic acids is 1. The topological polar surface area (TPSA) is 79.9 Å². The van der Waals surface area contributed by atoms with E-state index in [2.05, 4.69) is 0 Å². The van der Waals surface area contributed by atoms with Gasteiger partial charge in [-0.05, 0) is 42.0 Å². The molecule has 0 saturated carbocycles. The second-order valence-corrected chi connectivity index (χ2v) is 4.94. The normalized spacial score (nSPS) is 11.2. The highest BCUT2D eigenvalue weighted by molar-refractivity contribution is 5.92. The molecule has 0 saturated heterocycles. The van der Waals surface area contributed by atoms with Crippen molar-refractivity contribution in [3.05, 3.63) is 54.1 Å². The second-order valence-electron chi connectivity index (χ2n) is 4.94. The third-order valence-electron chi connectivity index (χ3n) is 3.41. The van der Waals surface area contributed by atoms with Gasteiger partial charge >= 0.3 is 5.97 Å². The Morgan fingerprint density at radius 3 is 2.70 bits per heavy atom. The minimum absolute atomic E-state index is 0.122. The fourth-order valence-corrected chi connectivity index (χ4v) is 2.37. The highest BCUT2D eigenvalue weighted by atomic mass is 16.5. The van der Waals surface area contributed by atoms with Crippen LogP contribution in [0.15, 0.2) is 53.0 Å². The standard InChI is InChI=1S/C18H14O5/c1-22-16-9-11(6-7-17(20)21)8-12-10-15(23-18(12)16)13-4-2-3-5-14(13)19/h2-10,19H,1H3,(H,20,21)/b7-6+. The van der Waals surface area contributed by atoms with E-state index in [0.717, 1.165) is 11.5 Å². The fraction of sp³-hybridized carbons (Fsp3) is 0.0556. The summed E-state index contributed by atoms with van der Waals surface area (Å²) >= 11 is 0. The zero-order valence-electron chi connectivity index (χ0n) is 12.3. The van der Waals surface area contributed by atoms with E-state index in [1.165, 1.54) is 13.2 Å². The van der Waals surface area contributed by atoms with Crippen molar-refractivity contribution in [1.29, 1.82) is 0 Å². The molecule has 1 aromatic heterocycles. The molecule has 3 rings (SSSR count). The summed E-state index contributed by atoms with van der Waals surface area (Å²) in [5.74, 6) is 0.104. The third-order valence-corrected chi connectivity index (χ3v) is 3.41. The molecule has 0 aliphatic rings. The van der Waals surface area contributed by atoms with Gasteiger partial charge in [0.2, 0.25) is 0 Å². The van der Waals surface area contributed by atoms with Gasteiger partial charge in [0.1, 0.15) is 11.5 Å². The van der Waals surface area contributed by atoms with Gasteiger partial charge in [-0.25, -0.2) is 4.79 Å². The highest BCUT2D eigenvalue weighted by Crippen LogP contribution is 2.37. The number of carboxylic acids is 1. The van der Waals surface area contributed by atoms with Crippen LogP contribution < -0.4 is 4.74 Å². The lowest BCUT2D eigenvalue weighted by molar-refractivity contribution is -0.131. The molecule has 5 nitrogen and oxygen atoms in total. The highest BCUT2D eigenvalue weighted by Gasteiger charge is 2.14. The molecule has 2 aromatic carbocycles. The van der Waals surface area contributed by atoms with Gasteiger partial charge in [0.05, 0.1) is 12.7 Å². The van der Waals surface area contributed by atoms with Gasteiger partial charge in [-0.2, -0.15) is 0 Å². The van der Waals surface area contributed by atoms with E-state index in [9.17, 15) is 9.90 Å². The number of rotatable bonds is 4. The van der Waals surface area contributed by atoms with Crippen molar-refractivity contribution in [1.82, 2.24) is 0 Å². The number of carboxylic acid groups (broad SMARTS) is 1. The molecule has 0 atom stereocenters. The van der Waals surface area contributed by atoms with Gasteiger partial charge in [-0.1, -0.05) is 12.1 Å². The lowest BCUT2D eigenvalue weighted by Gasteiger charge is -2.02. The molecule has 0 aliphatic carbocycles. The van der Waals surface area contributed by atoms with Crippen LogP contribution in [0.2, 0.25) is 0 Å². The lowest BCUT2D eigenvalue weighted by atomic mass is 10.1. The smallest absolute Gasteiger partial charge is 0.328 e. The Hall–Kier alpha value is -3.21. The molecule has 2 N–H and O–H groups in total. The molecule has 116 valence electrons. The molecule has 0 fully saturated rings. The zero-order valence-corrected chi connectivity index (χ0v) is 12.3. The number of carbonyl (C=O) groups is 1. The molecule has 0 aliphatic heterocycles. The van der Waals surface area contributed by atoms with E-state index >= 15 is 0 Å². The average Bonchev–Trinajstić information content (AvgIpc) is 2.96. The predicted molar refractivity (Wildman–Crippen MR) is 86.5 cm³/mol. The largest absolute Gasteiger partial charge is 0.507 e. The Morgan fingerprint density at radius 1 is 1.22 bits per heavy atom. The number of methoxy groups -OCH3 is 1. The van der Waals surface area contributed by atoms with Gasteiger partial charge in [-0.15, -0.1) is 0 Å². The van der Waals surface area contributed by atoms with Gasteiger partial charge < -0.3 is 19.4 Å². The van der Waals surface area contributed by atoms with Crippen LogP contribution in [-0.2, 0) is 4.79 Å². The van der Waals surface area contributed by atoms with E-state index in [0.29, 0.717) is 28.2 Å². The number of hydrogen-bond donors (Lipinski definition) is 2. The first-order valence-electron chi connectivity index (χ1n) is 6.89. The van der Waals surface area contributed by atoms with Crippen molar-refractivity contribution in [3.8, 4) is 22.8 Å². The maximum atomic E-state index is 10.7. The quantitative estimate of drug-likeness (QED) is 0.714. The van der Waals surface area contributed by atoms with Crippen LogP contribution in [0.3, 0.4) is 0 Å². The summed E-state index contributed by atoms with van der Waals surface area (Å²) < 4.78 is 11.1. The number of para-hydroxylation sites is 1. The molecule has 0 radical (unpaired) electrons. The van der Waals surface area contributed by atoms with Crippen molar-refractivity contribution in [2.45, 2.75) is 0 Å².